The van der Waals surface area contributed by atoms with Gasteiger partial charge in [-0.1, -0.05) is 35.0 Å². The van der Waals surface area contributed by atoms with Gasteiger partial charge in [0.1, 0.15) is 11.6 Å². The highest BCUT2D eigenvalue weighted by molar-refractivity contribution is 9.10. The van der Waals surface area contributed by atoms with E-state index in [4.69, 9.17) is 5.26 Å². The Balaban J connectivity index is 2.55. The molecule has 0 aromatic heterocycles. The van der Waals surface area contributed by atoms with E-state index in [1.54, 1.807) is 0 Å². The van der Waals surface area contributed by atoms with Crippen LogP contribution in [-0.4, -0.2) is 11.9 Å². The second-order valence-corrected chi connectivity index (χ2v) is 5.38. The zero-order chi connectivity index (χ0) is 15.0. The third-order valence-electron chi connectivity index (χ3n) is 2.82. The molecule has 0 aliphatic heterocycles. The number of rotatable bonds is 6. The standard InChI is InChI=1S/C15H18BrN3O/c1-3-11(2)19-15(20)13(8-17)10-18-9-12-4-6-14(16)7-5-12/h4-7,10-11,18H,3,9H2,1-2H3,(H,19,20)/b13-10-. The normalized spacial score (nSPS) is 12.4. The van der Waals surface area contributed by atoms with E-state index in [2.05, 4.69) is 26.6 Å². The molecular weight excluding hydrogens is 318 g/mol. The lowest BCUT2D eigenvalue weighted by atomic mass is 10.2. The van der Waals surface area contributed by atoms with E-state index in [0.29, 0.717) is 6.54 Å². The quantitative estimate of drug-likeness (QED) is 0.620. The first-order valence-electron chi connectivity index (χ1n) is 6.45. The number of nitrogens with one attached hydrogen (secondary N) is 2. The van der Waals surface area contributed by atoms with Crippen molar-refractivity contribution in [1.82, 2.24) is 10.6 Å². The highest BCUT2D eigenvalue weighted by Gasteiger charge is 2.10. The van der Waals surface area contributed by atoms with Gasteiger partial charge in [-0.15, -0.1) is 0 Å². The molecule has 20 heavy (non-hydrogen) atoms. The van der Waals surface area contributed by atoms with Crippen LogP contribution in [0.3, 0.4) is 0 Å². The van der Waals surface area contributed by atoms with Gasteiger partial charge in [0.2, 0.25) is 0 Å². The average Bonchev–Trinajstić information content (AvgIpc) is 2.45. The topological polar surface area (TPSA) is 64.9 Å². The van der Waals surface area contributed by atoms with Crippen LogP contribution in [0, 0.1) is 11.3 Å². The molecule has 1 aromatic carbocycles. The van der Waals surface area contributed by atoms with Crippen molar-refractivity contribution in [2.75, 3.05) is 0 Å². The molecule has 1 amide bonds. The van der Waals surface area contributed by atoms with Gasteiger partial charge in [-0.05, 0) is 31.0 Å². The minimum atomic E-state index is -0.342. The second kappa shape index (κ2) is 8.39. The van der Waals surface area contributed by atoms with Crippen LogP contribution in [0.4, 0.5) is 0 Å². The Labute approximate surface area is 128 Å². The minimum absolute atomic E-state index is 0.0609. The van der Waals surface area contributed by atoms with Crippen LogP contribution in [0.1, 0.15) is 25.8 Å². The summed E-state index contributed by atoms with van der Waals surface area (Å²) in [4.78, 5) is 11.8. The Morgan fingerprint density at radius 3 is 2.65 bits per heavy atom. The first kappa shape index (κ1) is 16.3. The van der Waals surface area contributed by atoms with Crippen molar-refractivity contribution < 1.29 is 4.79 Å². The second-order valence-electron chi connectivity index (χ2n) is 4.46. The summed E-state index contributed by atoms with van der Waals surface area (Å²) in [6.45, 7) is 4.45. The molecule has 1 aromatic rings. The van der Waals surface area contributed by atoms with E-state index in [-0.39, 0.29) is 17.5 Å². The Hall–Kier alpha value is -1.80. The lowest BCUT2D eigenvalue weighted by Gasteiger charge is -2.10. The van der Waals surface area contributed by atoms with E-state index < -0.39 is 0 Å². The van der Waals surface area contributed by atoms with Crippen LogP contribution in [0.15, 0.2) is 40.5 Å². The summed E-state index contributed by atoms with van der Waals surface area (Å²) in [5, 5.41) is 14.7. The number of carbonyl (C=O) groups excluding carboxylic acids is 1. The van der Waals surface area contributed by atoms with Crippen molar-refractivity contribution in [3.05, 3.63) is 46.1 Å². The summed E-state index contributed by atoms with van der Waals surface area (Å²) in [6.07, 6.45) is 2.29. The number of hydrogen-bond acceptors (Lipinski definition) is 3. The van der Waals surface area contributed by atoms with Gasteiger partial charge < -0.3 is 10.6 Å². The number of amides is 1. The number of hydrogen-bond donors (Lipinski definition) is 2. The summed E-state index contributed by atoms with van der Waals surface area (Å²) in [6, 6.07) is 9.80. The zero-order valence-corrected chi connectivity index (χ0v) is 13.2. The van der Waals surface area contributed by atoms with Crippen molar-refractivity contribution >= 4 is 21.8 Å². The number of nitrogens with zero attached hydrogens (tertiary/aromatic N) is 1. The van der Waals surface area contributed by atoms with Crippen LogP contribution in [0.25, 0.3) is 0 Å². The maximum Gasteiger partial charge on any atom is 0.263 e. The molecule has 0 spiro atoms. The van der Waals surface area contributed by atoms with Gasteiger partial charge in [0.05, 0.1) is 0 Å². The van der Waals surface area contributed by atoms with Crippen LogP contribution >= 0.6 is 15.9 Å². The van der Waals surface area contributed by atoms with Crippen molar-refractivity contribution in [1.29, 1.82) is 5.26 Å². The van der Waals surface area contributed by atoms with Gasteiger partial charge in [0.15, 0.2) is 0 Å². The Morgan fingerprint density at radius 2 is 2.10 bits per heavy atom. The molecule has 0 radical (unpaired) electrons. The monoisotopic (exact) mass is 335 g/mol. The van der Waals surface area contributed by atoms with Crippen molar-refractivity contribution in [3.8, 4) is 6.07 Å². The lowest BCUT2D eigenvalue weighted by molar-refractivity contribution is -0.117. The highest BCUT2D eigenvalue weighted by Crippen LogP contribution is 2.10. The molecule has 1 unspecified atom stereocenters. The Bertz CT molecular complexity index is 517. The molecule has 0 fully saturated rings. The summed E-state index contributed by atoms with van der Waals surface area (Å²) in [7, 11) is 0. The molecule has 106 valence electrons. The maximum absolute atomic E-state index is 11.8. The fourth-order valence-corrected chi connectivity index (χ4v) is 1.69. The highest BCUT2D eigenvalue weighted by atomic mass is 79.9. The molecule has 0 saturated carbocycles. The van der Waals surface area contributed by atoms with Crippen molar-refractivity contribution in [2.24, 2.45) is 0 Å². The molecule has 0 saturated heterocycles. The number of carbonyl (C=O) groups is 1. The summed E-state index contributed by atoms with van der Waals surface area (Å²) in [5.74, 6) is -0.342. The zero-order valence-electron chi connectivity index (χ0n) is 11.6. The SMILES string of the molecule is CCC(C)NC(=O)/C(C#N)=C\NCc1ccc(Br)cc1. The fraction of sp³-hybridized carbons (Fsp3) is 0.333. The number of benzene rings is 1. The van der Waals surface area contributed by atoms with Crippen LogP contribution in [0.2, 0.25) is 0 Å². The predicted molar refractivity (Wildman–Crippen MR) is 82.6 cm³/mol. The maximum atomic E-state index is 11.8. The van der Waals surface area contributed by atoms with E-state index in [1.165, 1.54) is 6.20 Å². The molecule has 1 atom stereocenters. The molecule has 2 N–H and O–H groups in total. The van der Waals surface area contributed by atoms with Gasteiger partial charge in [0.25, 0.3) is 5.91 Å². The van der Waals surface area contributed by atoms with E-state index in [1.807, 2.05) is 44.2 Å². The summed E-state index contributed by atoms with van der Waals surface area (Å²) < 4.78 is 1.02. The molecule has 0 bridgehead atoms. The van der Waals surface area contributed by atoms with Gasteiger partial charge >= 0.3 is 0 Å². The minimum Gasteiger partial charge on any atom is -0.386 e. The number of nitriles is 1. The fourth-order valence-electron chi connectivity index (χ4n) is 1.43. The molecule has 4 nitrogen and oxygen atoms in total. The van der Waals surface area contributed by atoms with Gasteiger partial charge in [-0.3, -0.25) is 4.79 Å². The van der Waals surface area contributed by atoms with Crippen LogP contribution in [-0.2, 0) is 11.3 Å². The Kier molecular flexibility index (Phi) is 6.82. The van der Waals surface area contributed by atoms with Crippen LogP contribution in [0.5, 0.6) is 0 Å². The van der Waals surface area contributed by atoms with E-state index in [9.17, 15) is 4.79 Å². The third-order valence-corrected chi connectivity index (χ3v) is 3.35. The summed E-state index contributed by atoms with van der Waals surface area (Å²) in [5.41, 5.74) is 1.16. The first-order chi connectivity index (χ1) is 9.56. The molecule has 5 heteroatoms. The predicted octanol–water partition coefficient (Wildman–Crippen LogP) is 2.86. The van der Waals surface area contributed by atoms with E-state index in [0.717, 1.165) is 16.5 Å². The van der Waals surface area contributed by atoms with E-state index >= 15 is 0 Å². The first-order valence-corrected chi connectivity index (χ1v) is 7.25. The molecule has 1 rings (SSSR count). The largest absolute Gasteiger partial charge is 0.386 e. The molecule has 0 heterocycles. The number of halogens is 1. The molecule has 0 aliphatic rings. The molecule has 0 aliphatic carbocycles. The summed E-state index contributed by atoms with van der Waals surface area (Å²) >= 11 is 3.37. The van der Waals surface area contributed by atoms with Crippen molar-refractivity contribution in [2.45, 2.75) is 32.9 Å². The Morgan fingerprint density at radius 1 is 1.45 bits per heavy atom. The van der Waals surface area contributed by atoms with Crippen LogP contribution < -0.4 is 10.6 Å². The van der Waals surface area contributed by atoms with Crippen molar-refractivity contribution in [3.63, 3.8) is 0 Å². The van der Waals surface area contributed by atoms with Gasteiger partial charge in [-0.25, -0.2) is 0 Å². The van der Waals surface area contributed by atoms with Gasteiger partial charge in [-0.2, -0.15) is 5.26 Å². The lowest BCUT2D eigenvalue weighted by Crippen LogP contribution is -2.33. The molecular formula is C15H18BrN3O. The third kappa shape index (κ3) is 5.45. The smallest absolute Gasteiger partial charge is 0.263 e. The van der Waals surface area contributed by atoms with Gasteiger partial charge in [0, 0.05) is 23.3 Å². The average molecular weight is 336 g/mol.